The zero-order chi connectivity index (χ0) is 14.8. The van der Waals surface area contributed by atoms with E-state index >= 15 is 0 Å². The minimum absolute atomic E-state index is 0.160. The van der Waals surface area contributed by atoms with Crippen LogP contribution in [0.25, 0.3) is 0 Å². The van der Waals surface area contributed by atoms with Gasteiger partial charge in [-0.05, 0) is 51.9 Å². The monoisotopic (exact) mass is 395 g/mol. The second-order valence-electron chi connectivity index (χ2n) is 5.43. The van der Waals surface area contributed by atoms with Gasteiger partial charge in [-0.1, -0.05) is 31.2 Å². The highest BCUT2D eigenvalue weighted by Crippen LogP contribution is 2.34. The lowest BCUT2D eigenvalue weighted by Crippen LogP contribution is -2.13. The number of rotatable bonds is 2. The molecule has 0 aliphatic carbocycles. The van der Waals surface area contributed by atoms with Gasteiger partial charge in [-0.3, -0.25) is 0 Å². The van der Waals surface area contributed by atoms with Gasteiger partial charge in [0, 0.05) is 9.49 Å². The van der Waals surface area contributed by atoms with Gasteiger partial charge in [-0.2, -0.15) is 0 Å². The zero-order valence-electron chi connectivity index (χ0n) is 11.9. The van der Waals surface area contributed by atoms with Crippen molar-refractivity contribution in [2.45, 2.75) is 13.0 Å². The number of ether oxygens (including phenoxy) is 2. The zero-order valence-corrected chi connectivity index (χ0v) is 14.0. The van der Waals surface area contributed by atoms with E-state index in [0.29, 0.717) is 19.1 Å². The van der Waals surface area contributed by atoms with Gasteiger partial charge in [0.1, 0.15) is 0 Å². The molecule has 2 N–H and O–H groups in total. The number of halogens is 1. The molecule has 0 fully saturated rings. The first kappa shape index (κ1) is 14.7. The number of fused-ring (bicyclic) bond motifs is 1. The van der Waals surface area contributed by atoms with E-state index in [1.165, 1.54) is 3.57 Å². The van der Waals surface area contributed by atoms with E-state index in [1.807, 2.05) is 30.3 Å². The molecule has 0 saturated carbocycles. The van der Waals surface area contributed by atoms with Crippen molar-refractivity contribution in [3.8, 4) is 11.5 Å². The number of benzene rings is 2. The number of hydrogen-bond acceptors (Lipinski definition) is 3. The Balaban J connectivity index is 1.92. The maximum Gasteiger partial charge on any atom is 0.161 e. The number of nitrogens with two attached hydrogens (primary N) is 1. The standard InChI is InChI=1S/C17H18INO2/c1-11-9-20-15-7-6-12(8-16(15)21-10-11)17(19)13-4-2-3-5-14(13)18/h2-8,11,17H,9-10,19H2,1H3. The summed E-state index contributed by atoms with van der Waals surface area (Å²) in [5.74, 6) is 1.99. The van der Waals surface area contributed by atoms with Crippen molar-refractivity contribution in [1.29, 1.82) is 0 Å². The van der Waals surface area contributed by atoms with E-state index in [-0.39, 0.29) is 6.04 Å². The molecule has 3 rings (SSSR count). The Labute approximate surface area is 138 Å². The molecule has 2 aromatic carbocycles. The third-order valence-electron chi connectivity index (χ3n) is 3.61. The van der Waals surface area contributed by atoms with Crippen LogP contribution in [-0.4, -0.2) is 13.2 Å². The second-order valence-corrected chi connectivity index (χ2v) is 6.59. The van der Waals surface area contributed by atoms with E-state index < -0.39 is 0 Å². The summed E-state index contributed by atoms with van der Waals surface area (Å²) in [6.45, 7) is 3.48. The topological polar surface area (TPSA) is 44.5 Å². The van der Waals surface area contributed by atoms with Crippen LogP contribution in [0.5, 0.6) is 11.5 Å². The van der Waals surface area contributed by atoms with Crippen LogP contribution in [0.15, 0.2) is 42.5 Å². The molecule has 2 atom stereocenters. The summed E-state index contributed by atoms with van der Waals surface area (Å²) in [7, 11) is 0. The maximum absolute atomic E-state index is 6.42. The molecule has 0 radical (unpaired) electrons. The van der Waals surface area contributed by atoms with Crippen LogP contribution < -0.4 is 15.2 Å². The quantitative estimate of drug-likeness (QED) is 0.788. The van der Waals surface area contributed by atoms with Crippen molar-refractivity contribution in [3.05, 3.63) is 57.2 Å². The summed E-state index contributed by atoms with van der Waals surface area (Å²) in [5.41, 5.74) is 8.58. The summed E-state index contributed by atoms with van der Waals surface area (Å²) in [5, 5.41) is 0. The van der Waals surface area contributed by atoms with Gasteiger partial charge in [0.15, 0.2) is 11.5 Å². The van der Waals surface area contributed by atoms with Gasteiger partial charge in [0.05, 0.1) is 19.3 Å². The fourth-order valence-electron chi connectivity index (χ4n) is 2.37. The Bertz CT molecular complexity index is 644. The average Bonchev–Trinajstić information content (AvgIpc) is 2.69. The summed E-state index contributed by atoms with van der Waals surface area (Å²) >= 11 is 2.32. The fourth-order valence-corrected chi connectivity index (χ4v) is 3.09. The lowest BCUT2D eigenvalue weighted by Gasteiger charge is -2.16. The molecule has 2 unspecified atom stereocenters. The fraction of sp³-hybridized carbons (Fsp3) is 0.294. The molecule has 1 aliphatic rings. The predicted molar refractivity (Wildman–Crippen MR) is 91.8 cm³/mol. The van der Waals surface area contributed by atoms with Crippen molar-refractivity contribution in [2.75, 3.05) is 13.2 Å². The summed E-state index contributed by atoms with van der Waals surface area (Å²) in [6, 6.07) is 14.0. The van der Waals surface area contributed by atoms with Crippen LogP contribution in [0.4, 0.5) is 0 Å². The molecule has 0 spiro atoms. The highest BCUT2D eigenvalue weighted by Gasteiger charge is 2.18. The van der Waals surface area contributed by atoms with Crippen molar-refractivity contribution in [2.24, 2.45) is 11.7 Å². The lowest BCUT2D eigenvalue weighted by molar-refractivity contribution is 0.228. The Morgan fingerprint density at radius 3 is 2.57 bits per heavy atom. The largest absolute Gasteiger partial charge is 0.489 e. The molecule has 21 heavy (non-hydrogen) atoms. The highest BCUT2D eigenvalue weighted by molar-refractivity contribution is 14.1. The Hall–Kier alpha value is -1.27. The second kappa shape index (κ2) is 6.23. The molecule has 1 heterocycles. The van der Waals surface area contributed by atoms with Crippen molar-refractivity contribution < 1.29 is 9.47 Å². The number of hydrogen-bond donors (Lipinski definition) is 1. The lowest BCUT2D eigenvalue weighted by atomic mass is 9.99. The van der Waals surface area contributed by atoms with Gasteiger partial charge >= 0.3 is 0 Å². The first-order valence-corrected chi connectivity index (χ1v) is 8.12. The van der Waals surface area contributed by atoms with Gasteiger partial charge in [0.25, 0.3) is 0 Å². The van der Waals surface area contributed by atoms with Crippen molar-refractivity contribution in [1.82, 2.24) is 0 Å². The van der Waals surface area contributed by atoms with Crippen LogP contribution in [0.2, 0.25) is 0 Å². The molecule has 0 amide bonds. The third kappa shape index (κ3) is 3.16. The van der Waals surface area contributed by atoms with E-state index in [4.69, 9.17) is 15.2 Å². The molecular weight excluding hydrogens is 377 g/mol. The highest BCUT2D eigenvalue weighted by atomic mass is 127. The van der Waals surface area contributed by atoms with E-state index in [1.54, 1.807) is 0 Å². The Morgan fingerprint density at radius 1 is 1.10 bits per heavy atom. The van der Waals surface area contributed by atoms with Gasteiger partial charge in [-0.25, -0.2) is 0 Å². The molecule has 110 valence electrons. The smallest absolute Gasteiger partial charge is 0.161 e. The minimum Gasteiger partial charge on any atom is -0.489 e. The molecule has 3 nitrogen and oxygen atoms in total. The molecule has 2 aromatic rings. The molecular formula is C17H18INO2. The summed E-state index contributed by atoms with van der Waals surface area (Å²) in [6.07, 6.45) is 0. The van der Waals surface area contributed by atoms with Gasteiger partial charge in [-0.15, -0.1) is 0 Å². The molecule has 0 saturated heterocycles. The summed E-state index contributed by atoms with van der Waals surface area (Å²) in [4.78, 5) is 0. The first-order chi connectivity index (χ1) is 10.1. The molecule has 1 aliphatic heterocycles. The Kier molecular flexibility index (Phi) is 4.35. The van der Waals surface area contributed by atoms with Gasteiger partial charge in [0.2, 0.25) is 0 Å². The van der Waals surface area contributed by atoms with Crippen molar-refractivity contribution >= 4 is 22.6 Å². The van der Waals surface area contributed by atoms with E-state index in [0.717, 1.165) is 22.6 Å². The minimum atomic E-state index is -0.160. The molecule has 0 aromatic heterocycles. The SMILES string of the molecule is CC1COc2ccc(C(N)c3ccccc3I)cc2OC1. The molecule has 4 heteroatoms. The Morgan fingerprint density at radius 2 is 1.81 bits per heavy atom. The predicted octanol–water partition coefficient (Wildman–Crippen LogP) is 3.75. The maximum atomic E-state index is 6.42. The first-order valence-electron chi connectivity index (χ1n) is 7.04. The van der Waals surface area contributed by atoms with Crippen LogP contribution in [-0.2, 0) is 0 Å². The summed E-state index contributed by atoms with van der Waals surface area (Å²) < 4.78 is 12.8. The van der Waals surface area contributed by atoms with Crippen LogP contribution in [0.1, 0.15) is 24.1 Å². The third-order valence-corrected chi connectivity index (χ3v) is 4.60. The van der Waals surface area contributed by atoms with Crippen LogP contribution in [0.3, 0.4) is 0 Å². The van der Waals surface area contributed by atoms with Crippen molar-refractivity contribution in [3.63, 3.8) is 0 Å². The van der Waals surface area contributed by atoms with Crippen LogP contribution >= 0.6 is 22.6 Å². The van der Waals surface area contributed by atoms with E-state index in [2.05, 4.69) is 41.6 Å². The van der Waals surface area contributed by atoms with E-state index in [9.17, 15) is 0 Å². The normalized spacial score (nSPS) is 18.9. The van der Waals surface area contributed by atoms with Crippen LogP contribution in [0, 0.1) is 9.49 Å². The molecule has 0 bridgehead atoms. The van der Waals surface area contributed by atoms with Gasteiger partial charge < -0.3 is 15.2 Å². The average molecular weight is 395 g/mol.